The minimum absolute atomic E-state index is 0.0144. The zero-order valence-electron chi connectivity index (χ0n) is 14.0. The third-order valence-electron chi connectivity index (χ3n) is 5.85. The zero-order chi connectivity index (χ0) is 17.0. The summed E-state index contributed by atoms with van der Waals surface area (Å²) in [5.74, 6) is 1.25. The van der Waals surface area contributed by atoms with Crippen LogP contribution in [0.4, 0.5) is 0 Å². The van der Waals surface area contributed by atoms with E-state index < -0.39 is 0 Å². The third-order valence-corrected chi connectivity index (χ3v) is 5.85. The highest BCUT2D eigenvalue weighted by molar-refractivity contribution is 6.09. The molecule has 0 radical (unpaired) electrons. The van der Waals surface area contributed by atoms with Crippen molar-refractivity contribution in [3.8, 4) is 5.75 Å². The Balaban J connectivity index is 1.75. The van der Waals surface area contributed by atoms with E-state index in [1.54, 1.807) is 7.11 Å². The van der Waals surface area contributed by atoms with Crippen LogP contribution in [-0.2, 0) is 5.41 Å². The van der Waals surface area contributed by atoms with Crippen molar-refractivity contribution in [3.05, 3.63) is 101 Å². The van der Waals surface area contributed by atoms with Gasteiger partial charge in [-0.3, -0.25) is 4.79 Å². The Hall–Kier alpha value is -2.87. The molecule has 2 unspecified atom stereocenters. The molecule has 3 aromatic rings. The van der Waals surface area contributed by atoms with Gasteiger partial charge >= 0.3 is 0 Å². The maximum Gasteiger partial charge on any atom is 0.168 e. The molecular formula is C23H18O2. The normalized spacial score (nSPS) is 22.2. The van der Waals surface area contributed by atoms with Crippen LogP contribution in [0.1, 0.15) is 33.0 Å². The number of benzene rings is 3. The number of fused-ring (bicyclic) bond motifs is 3. The lowest BCUT2D eigenvalue weighted by Gasteiger charge is -2.23. The quantitative estimate of drug-likeness (QED) is 0.703. The average molecular weight is 326 g/mol. The lowest BCUT2D eigenvalue weighted by Crippen LogP contribution is -2.20. The number of Topliss-reactive ketones (excluding diaryl/α,β-unsaturated/α-hetero) is 1. The molecule has 25 heavy (non-hydrogen) atoms. The van der Waals surface area contributed by atoms with Crippen LogP contribution in [0.25, 0.3) is 0 Å². The molecule has 1 saturated carbocycles. The van der Waals surface area contributed by atoms with Gasteiger partial charge in [-0.15, -0.1) is 0 Å². The topological polar surface area (TPSA) is 26.3 Å². The van der Waals surface area contributed by atoms with Crippen molar-refractivity contribution < 1.29 is 9.53 Å². The van der Waals surface area contributed by atoms with Crippen LogP contribution in [0, 0.1) is 5.92 Å². The summed E-state index contributed by atoms with van der Waals surface area (Å²) in [5, 5.41) is 0. The molecule has 2 aliphatic rings. The molecule has 2 aliphatic carbocycles. The second-order valence-corrected chi connectivity index (χ2v) is 6.87. The molecule has 0 spiro atoms. The summed E-state index contributed by atoms with van der Waals surface area (Å²) >= 11 is 0. The second kappa shape index (κ2) is 5.06. The van der Waals surface area contributed by atoms with Crippen LogP contribution < -0.4 is 4.74 Å². The highest BCUT2D eigenvalue weighted by Crippen LogP contribution is 2.73. The molecule has 1 fully saturated rings. The zero-order valence-corrected chi connectivity index (χ0v) is 14.0. The number of hydrogen-bond donors (Lipinski definition) is 0. The maximum atomic E-state index is 13.2. The van der Waals surface area contributed by atoms with Gasteiger partial charge in [0.25, 0.3) is 0 Å². The van der Waals surface area contributed by atoms with Crippen LogP contribution in [-0.4, -0.2) is 12.9 Å². The summed E-state index contributed by atoms with van der Waals surface area (Å²) in [6, 6.07) is 26.8. The van der Waals surface area contributed by atoms with E-state index in [0.29, 0.717) is 0 Å². The minimum atomic E-state index is -0.251. The van der Waals surface area contributed by atoms with E-state index in [9.17, 15) is 4.79 Å². The van der Waals surface area contributed by atoms with Gasteiger partial charge in [0, 0.05) is 22.8 Å². The Morgan fingerprint density at radius 3 is 1.96 bits per heavy atom. The van der Waals surface area contributed by atoms with Crippen LogP contribution in [0.2, 0.25) is 0 Å². The summed E-state index contributed by atoms with van der Waals surface area (Å²) < 4.78 is 5.41. The third kappa shape index (κ3) is 1.77. The molecule has 3 aromatic carbocycles. The van der Waals surface area contributed by atoms with E-state index in [0.717, 1.165) is 16.9 Å². The van der Waals surface area contributed by atoms with Gasteiger partial charge in [0.15, 0.2) is 5.78 Å². The summed E-state index contributed by atoms with van der Waals surface area (Å²) in [7, 11) is 1.67. The van der Waals surface area contributed by atoms with Crippen molar-refractivity contribution in [2.24, 2.45) is 5.92 Å². The van der Waals surface area contributed by atoms with Gasteiger partial charge in [0.1, 0.15) is 5.75 Å². The first-order valence-electron chi connectivity index (χ1n) is 8.61. The largest absolute Gasteiger partial charge is 0.497 e. The maximum absolute atomic E-state index is 13.2. The Morgan fingerprint density at radius 1 is 0.800 bits per heavy atom. The van der Waals surface area contributed by atoms with Crippen molar-refractivity contribution in [3.63, 3.8) is 0 Å². The van der Waals surface area contributed by atoms with Crippen LogP contribution >= 0.6 is 0 Å². The predicted octanol–water partition coefficient (Wildman–Crippen LogP) is 4.59. The number of methoxy groups -OCH3 is 1. The van der Waals surface area contributed by atoms with Crippen LogP contribution in [0.5, 0.6) is 5.75 Å². The minimum Gasteiger partial charge on any atom is -0.497 e. The molecule has 0 aliphatic heterocycles. The van der Waals surface area contributed by atoms with Gasteiger partial charge < -0.3 is 4.74 Å². The van der Waals surface area contributed by atoms with Crippen molar-refractivity contribution in [2.75, 3.05) is 7.11 Å². The SMILES string of the molecule is COc1ccc2c(c1)C1C(C2=O)C1(c1ccccc1)c1ccccc1. The first-order valence-corrected chi connectivity index (χ1v) is 8.61. The van der Waals surface area contributed by atoms with Gasteiger partial charge in [-0.25, -0.2) is 0 Å². The molecule has 2 atom stereocenters. The van der Waals surface area contributed by atoms with Crippen molar-refractivity contribution in [2.45, 2.75) is 11.3 Å². The van der Waals surface area contributed by atoms with E-state index >= 15 is 0 Å². The molecule has 0 heterocycles. The number of ether oxygens (including phenoxy) is 1. The van der Waals surface area contributed by atoms with Gasteiger partial charge in [0.05, 0.1) is 7.11 Å². The molecule has 0 saturated heterocycles. The molecule has 0 N–H and O–H groups in total. The number of carbonyl (C=O) groups excluding carboxylic acids is 1. The molecule has 5 rings (SSSR count). The lowest BCUT2D eigenvalue weighted by molar-refractivity contribution is 0.0966. The first kappa shape index (κ1) is 14.5. The Labute approximate surface area is 147 Å². The fourth-order valence-corrected chi connectivity index (χ4v) is 4.80. The summed E-state index contributed by atoms with van der Waals surface area (Å²) in [6.45, 7) is 0. The average Bonchev–Trinajstić information content (AvgIpc) is 3.31. The lowest BCUT2D eigenvalue weighted by atomic mass is 9.79. The number of carbonyl (C=O) groups is 1. The van der Waals surface area contributed by atoms with Gasteiger partial charge in [-0.05, 0) is 34.9 Å². The van der Waals surface area contributed by atoms with E-state index in [2.05, 4.69) is 48.5 Å². The van der Waals surface area contributed by atoms with E-state index in [-0.39, 0.29) is 23.0 Å². The number of hydrogen-bond acceptors (Lipinski definition) is 2. The molecule has 2 heteroatoms. The predicted molar refractivity (Wildman–Crippen MR) is 97.2 cm³/mol. The fraction of sp³-hybridized carbons (Fsp3) is 0.174. The molecule has 0 aromatic heterocycles. The summed E-state index contributed by atoms with van der Waals surface area (Å²) in [4.78, 5) is 13.2. The van der Waals surface area contributed by atoms with Crippen LogP contribution in [0.3, 0.4) is 0 Å². The highest BCUT2D eigenvalue weighted by atomic mass is 16.5. The summed E-state index contributed by atoms with van der Waals surface area (Å²) in [5.41, 5.74) is 4.18. The highest BCUT2D eigenvalue weighted by Gasteiger charge is 2.73. The fourth-order valence-electron chi connectivity index (χ4n) is 4.80. The van der Waals surface area contributed by atoms with Crippen molar-refractivity contribution in [1.82, 2.24) is 0 Å². The first-order chi connectivity index (χ1) is 12.3. The summed E-state index contributed by atoms with van der Waals surface area (Å²) in [6.07, 6.45) is 0. The molecule has 0 bridgehead atoms. The van der Waals surface area contributed by atoms with E-state index in [1.807, 2.05) is 30.3 Å². The number of ketones is 1. The molecular weight excluding hydrogens is 308 g/mol. The molecule has 0 amide bonds. The second-order valence-electron chi connectivity index (χ2n) is 6.87. The monoisotopic (exact) mass is 326 g/mol. The van der Waals surface area contributed by atoms with Crippen LogP contribution in [0.15, 0.2) is 78.9 Å². The van der Waals surface area contributed by atoms with Crippen molar-refractivity contribution >= 4 is 5.78 Å². The van der Waals surface area contributed by atoms with Gasteiger partial charge in [-0.1, -0.05) is 60.7 Å². The Morgan fingerprint density at radius 2 is 1.40 bits per heavy atom. The standard InChI is InChI=1S/C23H18O2/c1-25-17-12-13-18-19(14-17)20-21(22(18)24)23(20,15-8-4-2-5-9-15)16-10-6-3-7-11-16/h2-14,20-21H,1H3. The Bertz CT molecular complexity index is 920. The van der Waals surface area contributed by atoms with E-state index in [4.69, 9.17) is 4.74 Å². The van der Waals surface area contributed by atoms with Gasteiger partial charge in [0.2, 0.25) is 0 Å². The number of rotatable bonds is 3. The molecule has 2 nitrogen and oxygen atoms in total. The molecule has 122 valence electrons. The Kier molecular flexibility index (Phi) is 2.93. The smallest absolute Gasteiger partial charge is 0.168 e. The van der Waals surface area contributed by atoms with Crippen molar-refractivity contribution in [1.29, 1.82) is 0 Å². The van der Waals surface area contributed by atoms with Gasteiger partial charge in [-0.2, -0.15) is 0 Å². The van der Waals surface area contributed by atoms with E-state index in [1.165, 1.54) is 11.1 Å².